The van der Waals surface area contributed by atoms with Crippen LogP contribution in [0.3, 0.4) is 0 Å². The van der Waals surface area contributed by atoms with Crippen LogP contribution in [0.5, 0.6) is 0 Å². The summed E-state index contributed by atoms with van der Waals surface area (Å²) in [5.41, 5.74) is 0. The van der Waals surface area contributed by atoms with Crippen LogP contribution in [0.2, 0.25) is 0 Å². The summed E-state index contributed by atoms with van der Waals surface area (Å²) >= 11 is 0. The minimum atomic E-state index is 0. The Labute approximate surface area is 76.3 Å². The van der Waals surface area contributed by atoms with Crippen molar-refractivity contribution in [3.05, 3.63) is 0 Å². The number of hydrogen-bond donors (Lipinski definition) is 0. The Bertz CT molecular complexity index is 8.00. The van der Waals surface area contributed by atoms with Gasteiger partial charge in [0.25, 0.3) is 0 Å². The zero-order valence-corrected chi connectivity index (χ0v) is 5.80. The fourth-order valence-electron chi connectivity index (χ4n) is 0. The van der Waals surface area contributed by atoms with Gasteiger partial charge in [0.05, 0.1) is 0 Å². The van der Waals surface area contributed by atoms with Gasteiger partial charge in [-0.15, -0.1) is 0 Å². The van der Waals surface area contributed by atoms with E-state index in [1.165, 1.54) is 0 Å². The van der Waals surface area contributed by atoms with Crippen molar-refractivity contribution in [3.63, 3.8) is 0 Å². The Kier molecular flexibility index (Phi) is 143. The fraction of sp³-hybridized carbons (Fsp3) is 0. The SMILES string of the molecule is [AlH3].[Au].[Fe].[Pd]. The molecule has 0 nitrogen and oxygen atoms in total. The fourth-order valence-corrected chi connectivity index (χ4v) is 0. The van der Waals surface area contributed by atoms with Crippen LogP contribution in [0.25, 0.3) is 0 Å². The molecule has 0 atom stereocenters. The van der Waals surface area contributed by atoms with Gasteiger partial charge in [0.2, 0.25) is 0 Å². The molecular weight excluding hydrogens is 386 g/mol. The second kappa shape index (κ2) is 18.0. The van der Waals surface area contributed by atoms with Crippen molar-refractivity contribution in [3.8, 4) is 0 Å². The third kappa shape index (κ3) is 8.82. The van der Waals surface area contributed by atoms with Crippen LogP contribution in [0.15, 0.2) is 0 Å². The molecule has 0 spiro atoms. The van der Waals surface area contributed by atoms with E-state index in [-0.39, 0.29) is 77.2 Å². The molecule has 4 heteroatoms. The van der Waals surface area contributed by atoms with E-state index in [2.05, 4.69) is 0 Å². The van der Waals surface area contributed by atoms with Crippen molar-refractivity contribution in [2.24, 2.45) is 0 Å². The second-order valence-corrected chi connectivity index (χ2v) is 0. The Morgan fingerprint density at radius 3 is 1.00 bits per heavy atom. The molecule has 0 aromatic rings. The van der Waals surface area contributed by atoms with Crippen molar-refractivity contribution in [2.75, 3.05) is 0 Å². The Morgan fingerprint density at radius 1 is 1.00 bits per heavy atom. The van der Waals surface area contributed by atoms with Crippen molar-refractivity contribution < 1.29 is 59.9 Å². The first kappa shape index (κ1) is 31.9. The van der Waals surface area contributed by atoms with Gasteiger partial charge in [-0.1, -0.05) is 0 Å². The third-order valence-electron chi connectivity index (χ3n) is 0. The molecule has 0 saturated heterocycles. The van der Waals surface area contributed by atoms with Crippen molar-refractivity contribution in [1.82, 2.24) is 0 Å². The summed E-state index contributed by atoms with van der Waals surface area (Å²) in [5, 5.41) is 0. The number of hydrogen-bond acceptors (Lipinski definition) is 0. The van der Waals surface area contributed by atoms with E-state index in [1.807, 2.05) is 0 Å². The summed E-state index contributed by atoms with van der Waals surface area (Å²) < 4.78 is 0. The Balaban J connectivity index is 0. The van der Waals surface area contributed by atoms with Gasteiger partial charge < -0.3 is 0 Å². The molecule has 0 fully saturated rings. The first-order valence-electron chi connectivity index (χ1n) is 0. The summed E-state index contributed by atoms with van der Waals surface area (Å²) in [6, 6.07) is 0. The second-order valence-electron chi connectivity index (χ2n) is 0. The van der Waals surface area contributed by atoms with E-state index in [0.29, 0.717) is 0 Å². The Morgan fingerprint density at radius 2 is 1.00 bits per heavy atom. The average Bonchev–Trinajstić information content (AvgIpc) is 0. The average molecular weight is 389 g/mol. The van der Waals surface area contributed by atoms with E-state index in [4.69, 9.17) is 0 Å². The summed E-state index contributed by atoms with van der Waals surface area (Å²) in [6.07, 6.45) is 0. The van der Waals surface area contributed by atoms with Crippen LogP contribution in [0.4, 0.5) is 0 Å². The van der Waals surface area contributed by atoms with E-state index >= 15 is 0 Å². The normalized spacial score (nSPS) is 0. The molecule has 0 aliphatic heterocycles. The maximum absolute atomic E-state index is 0. The zero-order valence-electron chi connectivity index (χ0n) is 0.971. The molecule has 0 aliphatic rings. The largest absolute Gasteiger partial charge is 0.187 e. The van der Waals surface area contributed by atoms with Gasteiger partial charge in [-0.25, -0.2) is 0 Å². The quantitative estimate of drug-likeness (QED) is 0.458. The maximum atomic E-state index is 0. The standard InChI is InChI=1S/Al.Au.Fe.Pd.3H. The third-order valence-corrected chi connectivity index (χ3v) is 0. The van der Waals surface area contributed by atoms with Crippen LogP contribution in [0, 0.1) is 0 Å². The summed E-state index contributed by atoms with van der Waals surface area (Å²) in [6.45, 7) is 0. The topological polar surface area (TPSA) is 0 Å². The van der Waals surface area contributed by atoms with Gasteiger partial charge in [0, 0.05) is 59.9 Å². The van der Waals surface area contributed by atoms with Gasteiger partial charge in [-0.2, -0.15) is 0 Å². The molecule has 0 bridgehead atoms. The van der Waals surface area contributed by atoms with Gasteiger partial charge in [0.15, 0.2) is 17.4 Å². The predicted molar refractivity (Wildman–Crippen MR) is 9.94 cm³/mol. The molecule has 0 aromatic heterocycles. The molecule has 0 rings (SSSR count). The van der Waals surface area contributed by atoms with Gasteiger partial charge in [-0.3, -0.25) is 0 Å². The van der Waals surface area contributed by atoms with E-state index in [0.717, 1.165) is 0 Å². The van der Waals surface area contributed by atoms with Crippen LogP contribution >= 0.6 is 0 Å². The predicted octanol–water partition coefficient (Wildman–Crippen LogP) is -1.19. The molecule has 0 saturated carbocycles. The summed E-state index contributed by atoms with van der Waals surface area (Å²) in [5.74, 6) is 0. The summed E-state index contributed by atoms with van der Waals surface area (Å²) in [4.78, 5) is 0. The molecule has 0 aliphatic carbocycles. The van der Waals surface area contributed by atoms with E-state index in [1.54, 1.807) is 0 Å². The van der Waals surface area contributed by atoms with Gasteiger partial charge >= 0.3 is 0 Å². The first-order valence-corrected chi connectivity index (χ1v) is 0. The van der Waals surface area contributed by atoms with Crippen molar-refractivity contribution >= 4 is 17.4 Å². The molecule has 0 N–H and O–H groups in total. The van der Waals surface area contributed by atoms with E-state index in [9.17, 15) is 0 Å². The zero-order chi connectivity index (χ0) is 0. The molecule has 0 heterocycles. The first-order chi connectivity index (χ1) is 0. The number of rotatable bonds is 0. The molecule has 0 unspecified atom stereocenters. The molecule has 0 aromatic carbocycles. The Hall–Kier alpha value is 2.45. The molecule has 1 radical (unpaired) electrons. The van der Waals surface area contributed by atoms with Crippen molar-refractivity contribution in [1.29, 1.82) is 0 Å². The smallest absolute Gasteiger partial charge is 0 e. The van der Waals surface area contributed by atoms with Gasteiger partial charge in [0.1, 0.15) is 0 Å². The monoisotopic (exact) mass is 389 g/mol. The summed E-state index contributed by atoms with van der Waals surface area (Å²) in [7, 11) is 0. The van der Waals surface area contributed by atoms with Crippen LogP contribution in [-0.4, -0.2) is 17.4 Å². The van der Waals surface area contributed by atoms with Crippen molar-refractivity contribution in [2.45, 2.75) is 0 Å². The van der Waals surface area contributed by atoms with Crippen LogP contribution in [0.1, 0.15) is 0 Å². The molecule has 4 heavy (non-hydrogen) atoms. The molecular formula is H3AlAuFePd. The minimum absolute atomic E-state index is 0. The van der Waals surface area contributed by atoms with Gasteiger partial charge in [-0.05, 0) is 0 Å². The minimum Gasteiger partial charge on any atom is 0 e. The maximum Gasteiger partial charge on any atom is 0.187 e. The molecule has 35 valence electrons. The van der Waals surface area contributed by atoms with Crippen LogP contribution in [-0.2, 0) is 59.9 Å². The van der Waals surface area contributed by atoms with Crippen LogP contribution < -0.4 is 0 Å². The van der Waals surface area contributed by atoms with E-state index < -0.39 is 0 Å². The molecule has 0 amide bonds.